The van der Waals surface area contributed by atoms with Crippen molar-refractivity contribution in [1.82, 2.24) is 19.5 Å². The van der Waals surface area contributed by atoms with Crippen LogP contribution in [0.1, 0.15) is 0 Å². The minimum Gasteiger partial charge on any atom is -0.497 e. The van der Waals surface area contributed by atoms with E-state index in [-0.39, 0.29) is 0 Å². The fourth-order valence-corrected chi connectivity index (χ4v) is 2.84. The smallest absolute Gasteiger partial charge is 0.242 e. The molecule has 0 amide bonds. The molecule has 0 radical (unpaired) electrons. The van der Waals surface area contributed by atoms with Gasteiger partial charge in [0.05, 0.1) is 19.9 Å². The highest BCUT2D eigenvalue weighted by Gasteiger charge is 2.13. The molecule has 2 aromatic heterocycles. The Morgan fingerprint density at radius 2 is 2.00 bits per heavy atom. The molecule has 0 saturated carbocycles. The van der Waals surface area contributed by atoms with Crippen LogP contribution >= 0.6 is 28.1 Å². The zero-order chi connectivity index (χ0) is 15.0. The summed E-state index contributed by atoms with van der Waals surface area (Å²) in [6, 6.07) is 5.68. The van der Waals surface area contributed by atoms with Gasteiger partial charge in [0, 0.05) is 10.5 Å². The van der Waals surface area contributed by atoms with Crippen LogP contribution in [-0.2, 0) is 0 Å². The van der Waals surface area contributed by atoms with Gasteiger partial charge in [-0.1, -0.05) is 15.9 Å². The molecule has 0 aliphatic heterocycles. The van der Waals surface area contributed by atoms with Crippen molar-refractivity contribution in [3.8, 4) is 17.3 Å². The van der Waals surface area contributed by atoms with E-state index in [0.717, 1.165) is 15.9 Å². The van der Waals surface area contributed by atoms with Crippen LogP contribution in [0.2, 0.25) is 0 Å². The van der Waals surface area contributed by atoms with Crippen LogP contribution in [0.5, 0.6) is 11.6 Å². The van der Waals surface area contributed by atoms with Crippen molar-refractivity contribution in [2.45, 2.75) is 0 Å². The highest BCUT2D eigenvalue weighted by Crippen LogP contribution is 2.28. The molecule has 3 aromatic rings. The maximum Gasteiger partial charge on any atom is 0.242 e. The summed E-state index contributed by atoms with van der Waals surface area (Å²) in [5.74, 6) is 1.17. The molecule has 0 aliphatic carbocycles. The molecule has 0 saturated heterocycles. The second kappa shape index (κ2) is 5.45. The van der Waals surface area contributed by atoms with E-state index in [1.54, 1.807) is 14.2 Å². The van der Waals surface area contributed by atoms with Gasteiger partial charge in [-0.25, -0.2) is 4.98 Å². The molecule has 0 bridgehead atoms. The molecule has 108 valence electrons. The predicted molar refractivity (Wildman–Crippen MR) is 84.9 cm³/mol. The molecule has 0 aliphatic rings. The lowest BCUT2D eigenvalue weighted by molar-refractivity contribution is 0.401. The summed E-state index contributed by atoms with van der Waals surface area (Å²) >= 11 is 8.85. The number of hydrogen-bond donors (Lipinski definition) is 1. The number of aromatic nitrogens is 4. The summed E-state index contributed by atoms with van der Waals surface area (Å²) < 4.78 is 13.7. The van der Waals surface area contributed by atoms with Crippen molar-refractivity contribution < 1.29 is 9.47 Å². The number of imidazole rings is 1. The molecule has 8 heteroatoms. The summed E-state index contributed by atoms with van der Waals surface area (Å²) in [6.45, 7) is 0. The Morgan fingerprint density at radius 3 is 2.71 bits per heavy atom. The first kappa shape index (κ1) is 14.0. The minimum absolute atomic E-state index is 0.451. The van der Waals surface area contributed by atoms with Gasteiger partial charge >= 0.3 is 0 Å². The lowest BCUT2D eigenvalue weighted by atomic mass is 10.3. The zero-order valence-electron chi connectivity index (χ0n) is 11.3. The Bertz CT molecular complexity index is 874. The lowest BCUT2D eigenvalue weighted by Crippen LogP contribution is -1.98. The van der Waals surface area contributed by atoms with E-state index in [0.29, 0.717) is 21.8 Å². The van der Waals surface area contributed by atoms with Gasteiger partial charge in [0.15, 0.2) is 10.4 Å². The third-order valence-corrected chi connectivity index (χ3v) is 3.73. The molecule has 6 nitrogen and oxygen atoms in total. The fraction of sp³-hybridized carbons (Fsp3) is 0.154. The van der Waals surface area contributed by atoms with Gasteiger partial charge in [-0.3, -0.25) is 4.57 Å². The molecule has 2 heterocycles. The van der Waals surface area contributed by atoms with Crippen molar-refractivity contribution in [1.29, 1.82) is 0 Å². The van der Waals surface area contributed by atoms with E-state index in [1.807, 2.05) is 22.8 Å². The van der Waals surface area contributed by atoms with Gasteiger partial charge < -0.3 is 14.5 Å². The van der Waals surface area contributed by atoms with Crippen LogP contribution in [-0.4, -0.2) is 33.7 Å². The Kier molecular flexibility index (Phi) is 3.64. The number of rotatable bonds is 3. The second-order valence-corrected chi connectivity index (χ2v) is 5.50. The molecule has 21 heavy (non-hydrogen) atoms. The summed E-state index contributed by atoms with van der Waals surface area (Å²) in [7, 11) is 3.17. The molecule has 1 aromatic carbocycles. The molecular weight excluding hydrogens is 356 g/mol. The standard InChI is InChI=1S/C13H11BrN4O2S/c1-19-9-4-7(14)3-8(5-9)18-11-10(17-13(18)21)12(20-2)16-6-15-11/h3-6H,1-2H3,(H,17,21). The van der Waals surface area contributed by atoms with Gasteiger partial charge in [-0.05, 0) is 24.4 Å². The predicted octanol–water partition coefficient (Wildman–Crippen LogP) is 3.26. The number of halogens is 1. The summed E-state index contributed by atoms with van der Waals surface area (Å²) in [5, 5.41) is 0. The zero-order valence-corrected chi connectivity index (χ0v) is 13.7. The quantitative estimate of drug-likeness (QED) is 0.720. The van der Waals surface area contributed by atoms with Crippen LogP contribution in [0.3, 0.4) is 0 Å². The first-order chi connectivity index (χ1) is 10.1. The maximum atomic E-state index is 5.39. The normalized spacial score (nSPS) is 10.8. The van der Waals surface area contributed by atoms with E-state index in [4.69, 9.17) is 21.7 Å². The first-order valence-corrected chi connectivity index (χ1v) is 7.19. The van der Waals surface area contributed by atoms with Crippen LogP contribution in [0, 0.1) is 4.77 Å². The number of H-pyrrole nitrogens is 1. The van der Waals surface area contributed by atoms with Gasteiger partial charge in [0.1, 0.15) is 17.6 Å². The van der Waals surface area contributed by atoms with Gasteiger partial charge in [-0.2, -0.15) is 4.98 Å². The summed E-state index contributed by atoms with van der Waals surface area (Å²) in [5.41, 5.74) is 2.13. The Labute approximate surface area is 133 Å². The van der Waals surface area contributed by atoms with Gasteiger partial charge in [0.25, 0.3) is 0 Å². The van der Waals surface area contributed by atoms with Crippen molar-refractivity contribution in [2.24, 2.45) is 0 Å². The molecule has 0 atom stereocenters. The van der Waals surface area contributed by atoms with E-state index >= 15 is 0 Å². The number of ether oxygens (including phenoxy) is 2. The third kappa shape index (κ3) is 2.40. The van der Waals surface area contributed by atoms with E-state index < -0.39 is 0 Å². The Balaban J connectivity index is 2.33. The van der Waals surface area contributed by atoms with Crippen molar-refractivity contribution >= 4 is 39.3 Å². The monoisotopic (exact) mass is 366 g/mol. The second-order valence-electron chi connectivity index (χ2n) is 4.20. The Hall–Kier alpha value is -1.93. The molecule has 0 fully saturated rings. The van der Waals surface area contributed by atoms with E-state index in [2.05, 4.69) is 30.9 Å². The van der Waals surface area contributed by atoms with Crippen LogP contribution < -0.4 is 9.47 Å². The van der Waals surface area contributed by atoms with Gasteiger partial charge in [0.2, 0.25) is 5.88 Å². The molecule has 0 unspecified atom stereocenters. The molecule has 1 N–H and O–H groups in total. The average Bonchev–Trinajstić information content (AvgIpc) is 2.82. The lowest BCUT2D eigenvalue weighted by Gasteiger charge is -2.08. The Morgan fingerprint density at radius 1 is 1.19 bits per heavy atom. The number of methoxy groups -OCH3 is 2. The highest BCUT2D eigenvalue weighted by molar-refractivity contribution is 9.10. The van der Waals surface area contributed by atoms with Crippen LogP contribution in [0.25, 0.3) is 16.9 Å². The minimum atomic E-state index is 0.451. The third-order valence-electron chi connectivity index (χ3n) is 2.98. The largest absolute Gasteiger partial charge is 0.497 e. The first-order valence-electron chi connectivity index (χ1n) is 5.98. The van der Waals surface area contributed by atoms with Crippen molar-refractivity contribution in [2.75, 3.05) is 14.2 Å². The maximum absolute atomic E-state index is 5.39. The van der Waals surface area contributed by atoms with Crippen LogP contribution in [0.4, 0.5) is 0 Å². The highest BCUT2D eigenvalue weighted by atomic mass is 79.9. The molecule has 3 rings (SSSR count). The fourth-order valence-electron chi connectivity index (χ4n) is 2.09. The average molecular weight is 367 g/mol. The number of aromatic amines is 1. The number of hydrogen-bond acceptors (Lipinski definition) is 5. The number of nitrogens with one attached hydrogen (secondary N) is 1. The molecule has 0 spiro atoms. The van der Waals surface area contributed by atoms with E-state index in [1.165, 1.54) is 6.33 Å². The van der Waals surface area contributed by atoms with Crippen molar-refractivity contribution in [3.05, 3.63) is 33.8 Å². The molecular formula is C13H11BrN4O2S. The summed E-state index contributed by atoms with van der Waals surface area (Å²) in [6.07, 6.45) is 1.44. The summed E-state index contributed by atoms with van der Waals surface area (Å²) in [4.78, 5) is 11.4. The van der Waals surface area contributed by atoms with Crippen molar-refractivity contribution in [3.63, 3.8) is 0 Å². The SMILES string of the molecule is COc1cc(Br)cc(-n2c(=S)[nH]c3c(OC)ncnc32)c1. The van der Waals surface area contributed by atoms with E-state index in [9.17, 15) is 0 Å². The number of fused-ring (bicyclic) bond motifs is 1. The van der Waals surface area contributed by atoms with Gasteiger partial charge in [-0.15, -0.1) is 0 Å². The van der Waals surface area contributed by atoms with Crippen LogP contribution in [0.15, 0.2) is 29.0 Å². The number of nitrogens with zero attached hydrogens (tertiary/aromatic N) is 3. The topological polar surface area (TPSA) is 65.0 Å². The number of benzene rings is 1.